The van der Waals surface area contributed by atoms with Crippen molar-refractivity contribution >= 4 is 17.5 Å². The summed E-state index contributed by atoms with van der Waals surface area (Å²) in [6, 6.07) is 9.25. The number of carbonyl (C=O) groups is 1. The summed E-state index contributed by atoms with van der Waals surface area (Å²) in [7, 11) is 0. The molecule has 1 aromatic heterocycles. The third kappa shape index (κ3) is 3.45. The maximum Gasteiger partial charge on any atom is 0.282 e. The van der Waals surface area contributed by atoms with Crippen LogP contribution in [-0.4, -0.2) is 16.2 Å². The van der Waals surface area contributed by atoms with Gasteiger partial charge in [-0.3, -0.25) is 14.9 Å². The smallest absolute Gasteiger partial charge is 0.282 e. The molecule has 0 spiro atoms. The van der Waals surface area contributed by atoms with Gasteiger partial charge in [0.05, 0.1) is 0 Å². The van der Waals surface area contributed by atoms with Crippen LogP contribution in [-0.2, 0) is 4.79 Å². The van der Waals surface area contributed by atoms with Gasteiger partial charge in [0.15, 0.2) is 5.60 Å². The van der Waals surface area contributed by atoms with E-state index >= 15 is 0 Å². The molecule has 0 fully saturated rings. The molecule has 0 saturated carbocycles. The number of hydrogen-bond acceptors (Lipinski definition) is 2. The number of rotatable bonds is 4. The molecule has 4 nitrogen and oxygen atoms in total. The number of aromatic nitrogens is 1. The van der Waals surface area contributed by atoms with Crippen LogP contribution in [0.2, 0.25) is 5.02 Å². The van der Waals surface area contributed by atoms with Crippen molar-refractivity contribution in [2.75, 3.05) is 5.43 Å². The lowest BCUT2D eigenvalue weighted by molar-refractivity contribution is -0.129. The summed E-state index contributed by atoms with van der Waals surface area (Å²) in [5.74, 6) is 0.394. The normalized spacial score (nSPS) is 11.4. The number of hydrogen-bond donors (Lipinski definition) is 1. The molecule has 0 saturated heterocycles. The highest BCUT2D eigenvalue weighted by Crippen LogP contribution is 2.24. The third-order valence-corrected chi connectivity index (χ3v) is 3.96. The van der Waals surface area contributed by atoms with E-state index in [0.29, 0.717) is 10.8 Å². The molecule has 118 valence electrons. The van der Waals surface area contributed by atoms with Crippen molar-refractivity contribution in [2.24, 2.45) is 0 Å². The number of nitrogens with zero attached hydrogens (tertiary/aromatic N) is 1. The molecule has 0 atom stereocenters. The first-order valence-corrected chi connectivity index (χ1v) is 7.50. The summed E-state index contributed by atoms with van der Waals surface area (Å²) in [4.78, 5) is 12.5. The van der Waals surface area contributed by atoms with Crippen LogP contribution in [0, 0.1) is 20.8 Å². The Morgan fingerprint density at radius 1 is 1.14 bits per heavy atom. The van der Waals surface area contributed by atoms with Gasteiger partial charge >= 0.3 is 0 Å². The minimum absolute atomic E-state index is 0.220. The van der Waals surface area contributed by atoms with Gasteiger partial charge in [-0.1, -0.05) is 11.6 Å². The third-order valence-electron chi connectivity index (χ3n) is 3.53. The summed E-state index contributed by atoms with van der Waals surface area (Å²) in [5.41, 5.74) is 4.69. The molecule has 1 amide bonds. The highest BCUT2D eigenvalue weighted by Gasteiger charge is 2.30. The van der Waals surface area contributed by atoms with Crippen molar-refractivity contribution < 1.29 is 9.53 Å². The predicted molar refractivity (Wildman–Crippen MR) is 89.2 cm³/mol. The minimum atomic E-state index is -1.01. The zero-order valence-corrected chi connectivity index (χ0v) is 14.3. The lowest BCUT2D eigenvalue weighted by Gasteiger charge is -2.26. The zero-order valence-electron chi connectivity index (χ0n) is 13.5. The van der Waals surface area contributed by atoms with E-state index in [0.717, 1.165) is 17.0 Å². The molecule has 5 heteroatoms. The zero-order chi connectivity index (χ0) is 16.5. The van der Waals surface area contributed by atoms with Crippen LogP contribution in [0.15, 0.2) is 30.3 Å². The van der Waals surface area contributed by atoms with Gasteiger partial charge in [-0.15, -0.1) is 0 Å². The molecule has 22 heavy (non-hydrogen) atoms. The molecule has 2 rings (SSSR count). The maximum absolute atomic E-state index is 12.5. The summed E-state index contributed by atoms with van der Waals surface area (Å²) in [5, 5.41) is 0.674. The topological polar surface area (TPSA) is 43.3 Å². The van der Waals surface area contributed by atoms with Gasteiger partial charge in [-0.05, 0) is 70.5 Å². The molecule has 0 aliphatic rings. The molecular formula is C17H21ClN2O2. The van der Waals surface area contributed by atoms with Crippen LogP contribution in [0.3, 0.4) is 0 Å². The first kappa shape index (κ1) is 16.4. The van der Waals surface area contributed by atoms with E-state index in [1.807, 2.05) is 39.0 Å². The standard InChI is InChI=1S/C17H21ClN2O2/c1-11-10-14(8-9-15(11)18)22-17(4,5)16(21)19-20-12(2)6-7-13(20)3/h6-10H,1-5H3,(H,19,21). The minimum Gasteiger partial charge on any atom is -0.478 e. The van der Waals surface area contributed by atoms with Crippen LogP contribution in [0.25, 0.3) is 0 Å². The molecule has 0 aliphatic carbocycles. The summed E-state index contributed by atoms with van der Waals surface area (Å²) >= 11 is 6.01. The van der Waals surface area contributed by atoms with E-state index in [2.05, 4.69) is 5.43 Å². The summed E-state index contributed by atoms with van der Waals surface area (Å²) in [6.07, 6.45) is 0. The molecule has 0 aliphatic heterocycles. The van der Waals surface area contributed by atoms with Gasteiger partial charge in [-0.2, -0.15) is 0 Å². The predicted octanol–water partition coefficient (Wildman–Crippen LogP) is 3.99. The molecule has 0 bridgehead atoms. The Hall–Kier alpha value is -1.94. The van der Waals surface area contributed by atoms with E-state index in [1.54, 1.807) is 30.7 Å². The summed E-state index contributed by atoms with van der Waals surface area (Å²) < 4.78 is 7.59. The van der Waals surface area contributed by atoms with E-state index in [9.17, 15) is 4.79 Å². The number of aryl methyl sites for hydroxylation is 3. The van der Waals surface area contributed by atoms with E-state index < -0.39 is 5.60 Å². The van der Waals surface area contributed by atoms with Crippen molar-refractivity contribution in [3.8, 4) is 5.75 Å². The van der Waals surface area contributed by atoms with Gasteiger partial charge in [0.25, 0.3) is 5.91 Å². The maximum atomic E-state index is 12.5. The highest BCUT2D eigenvalue weighted by atomic mass is 35.5. The van der Waals surface area contributed by atoms with Crippen LogP contribution in [0.5, 0.6) is 5.75 Å². The Bertz CT molecular complexity index is 685. The molecule has 1 heterocycles. The molecule has 1 aromatic carbocycles. The van der Waals surface area contributed by atoms with E-state index in [1.165, 1.54) is 0 Å². The van der Waals surface area contributed by atoms with E-state index in [4.69, 9.17) is 16.3 Å². The SMILES string of the molecule is Cc1cc(OC(C)(C)C(=O)Nn2c(C)ccc2C)ccc1Cl. The fourth-order valence-electron chi connectivity index (χ4n) is 2.10. The van der Waals surface area contributed by atoms with Crippen molar-refractivity contribution in [3.05, 3.63) is 52.3 Å². The van der Waals surface area contributed by atoms with Gasteiger partial charge in [-0.25, -0.2) is 0 Å². The summed E-state index contributed by atoms with van der Waals surface area (Å²) in [6.45, 7) is 9.24. The Kier molecular flexibility index (Phi) is 4.52. The van der Waals surface area contributed by atoms with Gasteiger partial charge in [0.2, 0.25) is 0 Å². The van der Waals surface area contributed by atoms with Gasteiger partial charge in [0.1, 0.15) is 5.75 Å². The van der Waals surface area contributed by atoms with Gasteiger partial charge < -0.3 is 4.74 Å². The van der Waals surface area contributed by atoms with Crippen LogP contribution < -0.4 is 10.2 Å². The Labute approximate surface area is 136 Å². The van der Waals surface area contributed by atoms with E-state index in [-0.39, 0.29) is 5.91 Å². The molecule has 1 N–H and O–H groups in total. The first-order chi connectivity index (χ1) is 10.2. The Morgan fingerprint density at radius 2 is 1.73 bits per heavy atom. The highest BCUT2D eigenvalue weighted by molar-refractivity contribution is 6.31. The second kappa shape index (κ2) is 6.05. The van der Waals surface area contributed by atoms with Crippen LogP contribution in [0.4, 0.5) is 0 Å². The monoisotopic (exact) mass is 320 g/mol. The van der Waals surface area contributed by atoms with Crippen molar-refractivity contribution in [3.63, 3.8) is 0 Å². The van der Waals surface area contributed by atoms with Crippen molar-refractivity contribution in [2.45, 2.75) is 40.2 Å². The van der Waals surface area contributed by atoms with Gasteiger partial charge in [0, 0.05) is 16.4 Å². The van der Waals surface area contributed by atoms with Crippen LogP contribution in [0.1, 0.15) is 30.8 Å². The Morgan fingerprint density at radius 3 is 2.27 bits per heavy atom. The quantitative estimate of drug-likeness (QED) is 0.925. The average molecular weight is 321 g/mol. The lowest BCUT2D eigenvalue weighted by atomic mass is 10.1. The number of carbonyl (C=O) groups excluding carboxylic acids is 1. The molecular weight excluding hydrogens is 300 g/mol. The molecule has 0 radical (unpaired) electrons. The van der Waals surface area contributed by atoms with Crippen molar-refractivity contribution in [1.29, 1.82) is 0 Å². The van der Waals surface area contributed by atoms with Crippen molar-refractivity contribution in [1.82, 2.24) is 4.68 Å². The fraction of sp³-hybridized carbons (Fsp3) is 0.353. The fourth-order valence-corrected chi connectivity index (χ4v) is 2.22. The number of ether oxygens (including phenoxy) is 1. The number of amides is 1. The number of benzene rings is 1. The second-order valence-electron chi connectivity index (χ2n) is 5.92. The second-order valence-corrected chi connectivity index (χ2v) is 6.32. The molecule has 0 unspecified atom stereocenters. The molecule has 2 aromatic rings. The Balaban J connectivity index is 2.15. The average Bonchev–Trinajstić information content (AvgIpc) is 2.74. The number of nitrogens with one attached hydrogen (secondary N) is 1. The largest absolute Gasteiger partial charge is 0.478 e. The number of halogens is 1. The van der Waals surface area contributed by atoms with Crippen LogP contribution >= 0.6 is 11.6 Å². The lowest BCUT2D eigenvalue weighted by Crippen LogP contribution is -2.45. The first-order valence-electron chi connectivity index (χ1n) is 7.12.